The SMILES string of the molecule is O=C(CC12CC3CC(CC(C3)C1)C2)NCC(=O)NC(CC(F)(F)F)C(=O)O. The molecule has 27 heavy (non-hydrogen) atoms. The molecule has 2 amide bonds. The number of alkyl halides is 3. The molecule has 0 aliphatic heterocycles. The van der Waals surface area contributed by atoms with Crippen LogP contribution >= 0.6 is 0 Å². The number of hydrogen-bond acceptors (Lipinski definition) is 3. The summed E-state index contributed by atoms with van der Waals surface area (Å²) in [5.74, 6) is -0.941. The predicted molar refractivity (Wildman–Crippen MR) is 88.5 cm³/mol. The molecule has 4 saturated carbocycles. The van der Waals surface area contributed by atoms with Crippen molar-refractivity contribution in [2.45, 2.75) is 63.6 Å². The zero-order chi connectivity index (χ0) is 19.8. The number of carboxylic acids is 1. The zero-order valence-electron chi connectivity index (χ0n) is 15.0. The summed E-state index contributed by atoms with van der Waals surface area (Å²) in [6.07, 6.45) is 0.807. The van der Waals surface area contributed by atoms with Crippen molar-refractivity contribution in [2.75, 3.05) is 6.54 Å². The molecule has 0 spiro atoms. The van der Waals surface area contributed by atoms with Crippen LogP contribution in [0.15, 0.2) is 0 Å². The minimum atomic E-state index is -4.71. The van der Waals surface area contributed by atoms with Gasteiger partial charge in [0.1, 0.15) is 6.04 Å². The highest BCUT2D eigenvalue weighted by Gasteiger charge is 2.51. The Hall–Kier alpha value is -1.80. The van der Waals surface area contributed by atoms with E-state index in [2.05, 4.69) is 5.32 Å². The summed E-state index contributed by atoms with van der Waals surface area (Å²) in [4.78, 5) is 34.9. The molecule has 1 unspecified atom stereocenters. The number of rotatable bonds is 7. The van der Waals surface area contributed by atoms with Gasteiger partial charge in [-0.3, -0.25) is 9.59 Å². The lowest BCUT2D eigenvalue weighted by Gasteiger charge is -2.56. The van der Waals surface area contributed by atoms with Crippen molar-refractivity contribution in [1.82, 2.24) is 10.6 Å². The largest absolute Gasteiger partial charge is 0.480 e. The maximum Gasteiger partial charge on any atom is 0.391 e. The van der Waals surface area contributed by atoms with Crippen LogP contribution in [-0.4, -0.2) is 41.7 Å². The third kappa shape index (κ3) is 5.13. The Morgan fingerprint density at radius 3 is 1.96 bits per heavy atom. The van der Waals surface area contributed by atoms with Crippen molar-refractivity contribution in [2.24, 2.45) is 23.2 Å². The van der Waals surface area contributed by atoms with Crippen molar-refractivity contribution in [3.05, 3.63) is 0 Å². The van der Waals surface area contributed by atoms with E-state index < -0.39 is 37.1 Å². The number of halogens is 3. The lowest BCUT2D eigenvalue weighted by atomic mass is 9.49. The molecule has 4 aliphatic carbocycles. The van der Waals surface area contributed by atoms with Gasteiger partial charge in [0.25, 0.3) is 0 Å². The van der Waals surface area contributed by atoms with Crippen LogP contribution in [0.2, 0.25) is 0 Å². The van der Waals surface area contributed by atoms with Gasteiger partial charge >= 0.3 is 12.1 Å². The van der Waals surface area contributed by atoms with E-state index in [1.807, 2.05) is 5.32 Å². The number of aliphatic carboxylic acids is 1. The molecule has 0 radical (unpaired) electrons. The van der Waals surface area contributed by atoms with E-state index in [4.69, 9.17) is 5.11 Å². The first-order chi connectivity index (χ1) is 12.5. The van der Waals surface area contributed by atoms with Crippen molar-refractivity contribution in [1.29, 1.82) is 0 Å². The third-order valence-electron chi connectivity index (χ3n) is 6.22. The molecule has 0 heterocycles. The molecule has 0 saturated heterocycles. The molecule has 4 aliphatic rings. The van der Waals surface area contributed by atoms with Gasteiger partial charge in [0.05, 0.1) is 13.0 Å². The molecule has 6 nitrogen and oxygen atoms in total. The number of carbonyl (C=O) groups excluding carboxylic acids is 2. The fourth-order valence-electron chi connectivity index (χ4n) is 5.77. The second kappa shape index (κ2) is 7.31. The van der Waals surface area contributed by atoms with Crippen LogP contribution in [-0.2, 0) is 14.4 Å². The summed E-state index contributed by atoms with van der Waals surface area (Å²) in [7, 11) is 0. The highest BCUT2D eigenvalue weighted by Crippen LogP contribution is 2.61. The molecular weight excluding hydrogens is 365 g/mol. The lowest BCUT2D eigenvalue weighted by Crippen LogP contribution is -2.50. The Kier molecular flexibility index (Phi) is 5.40. The van der Waals surface area contributed by atoms with Gasteiger partial charge in [0.2, 0.25) is 11.8 Å². The van der Waals surface area contributed by atoms with Gasteiger partial charge in [-0.25, -0.2) is 4.79 Å². The van der Waals surface area contributed by atoms with E-state index in [0.717, 1.165) is 19.3 Å². The van der Waals surface area contributed by atoms with Crippen molar-refractivity contribution >= 4 is 17.8 Å². The summed E-state index contributed by atoms with van der Waals surface area (Å²) in [5.41, 5.74) is -0.00477. The number of hydrogen-bond donors (Lipinski definition) is 3. The standard InChI is InChI=1S/C18H25F3N2O4/c19-18(20,21)7-13(16(26)27)23-15(25)9-22-14(24)8-17-4-10-1-11(5-17)3-12(2-10)6-17/h10-13H,1-9H2,(H,22,24)(H,23,25)(H,26,27). The molecule has 9 heteroatoms. The molecule has 0 aromatic carbocycles. The number of carboxylic acid groups (broad SMARTS) is 1. The second-order valence-electron chi connectivity index (χ2n) is 8.65. The Balaban J connectivity index is 1.46. The van der Waals surface area contributed by atoms with Crippen LogP contribution in [0.5, 0.6) is 0 Å². The minimum Gasteiger partial charge on any atom is -0.480 e. The van der Waals surface area contributed by atoms with Crippen LogP contribution in [0.25, 0.3) is 0 Å². The van der Waals surface area contributed by atoms with Gasteiger partial charge in [0.15, 0.2) is 0 Å². The summed E-state index contributed by atoms with van der Waals surface area (Å²) < 4.78 is 37.1. The average Bonchev–Trinajstić information content (AvgIpc) is 2.49. The smallest absolute Gasteiger partial charge is 0.391 e. The lowest BCUT2D eigenvalue weighted by molar-refractivity contribution is -0.159. The Morgan fingerprint density at radius 2 is 1.52 bits per heavy atom. The van der Waals surface area contributed by atoms with Gasteiger partial charge < -0.3 is 15.7 Å². The van der Waals surface area contributed by atoms with Crippen molar-refractivity contribution in [3.63, 3.8) is 0 Å². The molecule has 4 rings (SSSR count). The molecule has 0 aromatic heterocycles. The predicted octanol–water partition coefficient (Wildman–Crippen LogP) is 2.23. The average molecular weight is 390 g/mol. The zero-order valence-corrected chi connectivity index (χ0v) is 15.0. The normalized spacial score (nSPS) is 32.8. The number of carbonyl (C=O) groups is 3. The molecule has 152 valence electrons. The fourth-order valence-corrected chi connectivity index (χ4v) is 5.77. The first-order valence-electron chi connectivity index (χ1n) is 9.39. The molecule has 4 bridgehead atoms. The molecule has 0 aromatic rings. The van der Waals surface area contributed by atoms with Crippen molar-refractivity contribution in [3.8, 4) is 0 Å². The van der Waals surface area contributed by atoms with Crippen molar-refractivity contribution < 1.29 is 32.7 Å². The van der Waals surface area contributed by atoms with E-state index in [1.54, 1.807) is 0 Å². The van der Waals surface area contributed by atoms with Gasteiger partial charge in [-0.1, -0.05) is 0 Å². The maximum atomic E-state index is 12.4. The first kappa shape index (κ1) is 19.9. The van der Waals surface area contributed by atoms with Crippen LogP contribution in [0.4, 0.5) is 13.2 Å². The third-order valence-corrected chi connectivity index (χ3v) is 6.22. The van der Waals surface area contributed by atoms with E-state index in [1.165, 1.54) is 19.3 Å². The summed E-state index contributed by atoms with van der Waals surface area (Å²) in [6.45, 7) is -0.521. The summed E-state index contributed by atoms with van der Waals surface area (Å²) >= 11 is 0. The van der Waals surface area contributed by atoms with Gasteiger partial charge in [-0.2, -0.15) is 13.2 Å². The van der Waals surface area contributed by atoms with E-state index in [0.29, 0.717) is 24.2 Å². The first-order valence-corrected chi connectivity index (χ1v) is 9.39. The maximum absolute atomic E-state index is 12.4. The van der Waals surface area contributed by atoms with E-state index in [9.17, 15) is 27.6 Å². The van der Waals surface area contributed by atoms with Crippen LogP contribution in [0, 0.1) is 23.2 Å². The topological polar surface area (TPSA) is 95.5 Å². The van der Waals surface area contributed by atoms with E-state index >= 15 is 0 Å². The van der Waals surface area contributed by atoms with Gasteiger partial charge in [-0.15, -0.1) is 0 Å². The van der Waals surface area contributed by atoms with Crippen LogP contribution in [0.3, 0.4) is 0 Å². The number of amides is 2. The van der Waals surface area contributed by atoms with E-state index in [-0.39, 0.29) is 11.3 Å². The summed E-state index contributed by atoms with van der Waals surface area (Å²) in [6, 6.07) is -2.06. The fraction of sp³-hybridized carbons (Fsp3) is 0.833. The van der Waals surface area contributed by atoms with Crippen LogP contribution < -0.4 is 10.6 Å². The quantitative estimate of drug-likeness (QED) is 0.621. The molecule has 4 fully saturated rings. The number of nitrogens with one attached hydrogen (secondary N) is 2. The molecular formula is C18H25F3N2O4. The Labute approximate surface area is 155 Å². The molecule has 3 N–H and O–H groups in total. The highest BCUT2D eigenvalue weighted by atomic mass is 19.4. The van der Waals surface area contributed by atoms with Gasteiger partial charge in [-0.05, 0) is 61.7 Å². The van der Waals surface area contributed by atoms with Crippen LogP contribution in [0.1, 0.15) is 51.4 Å². The van der Waals surface area contributed by atoms with Gasteiger partial charge in [0, 0.05) is 6.42 Å². The second-order valence-corrected chi connectivity index (χ2v) is 8.65. The summed E-state index contributed by atoms with van der Waals surface area (Å²) in [5, 5.41) is 13.1. The Bertz CT molecular complexity index is 585. The monoisotopic (exact) mass is 390 g/mol. The molecule has 1 atom stereocenters. The minimum absolute atomic E-state index is 0.00477. The highest BCUT2D eigenvalue weighted by molar-refractivity contribution is 5.88. The Morgan fingerprint density at radius 1 is 1.00 bits per heavy atom.